The van der Waals surface area contributed by atoms with Crippen molar-refractivity contribution in [1.82, 2.24) is 5.32 Å². The van der Waals surface area contributed by atoms with Crippen molar-refractivity contribution in [2.75, 3.05) is 25.1 Å². The summed E-state index contributed by atoms with van der Waals surface area (Å²) in [6.45, 7) is 2.48. The highest BCUT2D eigenvalue weighted by Crippen LogP contribution is 2.24. The number of halogens is 3. The molecule has 2 rings (SSSR count). The molecule has 0 spiro atoms. The van der Waals surface area contributed by atoms with Crippen LogP contribution in [0.3, 0.4) is 0 Å². The second-order valence-electron chi connectivity index (χ2n) is 6.05. The Kier molecular flexibility index (Phi) is 7.46. The number of nitrogens with zero attached hydrogens (tertiary/aromatic N) is 3. The number of hydrogen-bond donors (Lipinski definition) is 2. The van der Waals surface area contributed by atoms with Crippen LogP contribution in [0.5, 0.6) is 0 Å². The molecule has 0 aliphatic rings. The standard InChI is InChI=1S/C17H18F3N5O4/c1-10(4-6-28-7-5-22-25-21)23-15(26)13-8-11-2-3-12(24-17(18,19)20)9-14(11)29-16(13)27/h2-3,8-10,24H,4-7H2,1H3,(H,23,26). The van der Waals surface area contributed by atoms with E-state index in [4.69, 9.17) is 14.7 Å². The Bertz CT molecular complexity index is 970. The molecule has 0 saturated heterocycles. The molecule has 0 aliphatic carbocycles. The van der Waals surface area contributed by atoms with Crippen molar-refractivity contribution in [3.05, 3.63) is 50.7 Å². The van der Waals surface area contributed by atoms with Crippen molar-refractivity contribution in [3.63, 3.8) is 0 Å². The topological polar surface area (TPSA) is 129 Å². The zero-order valence-corrected chi connectivity index (χ0v) is 15.3. The molecule has 1 aromatic heterocycles. The SMILES string of the molecule is CC(CCOCCN=[N+]=[N-])NC(=O)c1cc2ccc(NC(F)(F)F)cc2oc1=O. The van der Waals surface area contributed by atoms with Gasteiger partial charge in [-0.2, -0.15) is 13.2 Å². The summed E-state index contributed by atoms with van der Waals surface area (Å²) < 4.78 is 47.4. The van der Waals surface area contributed by atoms with Crippen LogP contribution in [-0.2, 0) is 4.74 Å². The van der Waals surface area contributed by atoms with E-state index in [1.54, 1.807) is 6.92 Å². The van der Waals surface area contributed by atoms with Crippen LogP contribution in [0, 0.1) is 0 Å². The summed E-state index contributed by atoms with van der Waals surface area (Å²) in [6, 6.07) is 4.44. The van der Waals surface area contributed by atoms with Gasteiger partial charge in [-0.05, 0) is 37.1 Å². The number of benzene rings is 1. The molecule has 0 bridgehead atoms. The van der Waals surface area contributed by atoms with E-state index in [-0.39, 0.29) is 36.0 Å². The van der Waals surface area contributed by atoms with Gasteiger partial charge in [-0.3, -0.25) is 10.1 Å². The molecule has 1 amide bonds. The van der Waals surface area contributed by atoms with E-state index in [1.807, 2.05) is 0 Å². The first kappa shape index (κ1) is 22.1. The maximum absolute atomic E-state index is 12.4. The van der Waals surface area contributed by atoms with Gasteiger partial charge in [-0.25, -0.2) is 4.79 Å². The van der Waals surface area contributed by atoms with Gasteiger partial charge in [0.15, 0.2) is 0 Å². The molecular formula is C17H18F3N5O4. The largest absolute Gasteiger partial charge is 0.482 e. The summed E-state index contributed by atoms with van der Waals surface area (Å²) in [5.74, 6) is -0.667. The molecule has 29 heavy (non-hydrogen) atoms. The number of hydrogen-bond acceptors (Lipinski definition) is 6. The molecule has 156 valence electrons. The minimum atomic E-state index is -4.63. The summed E-state index contributed by atoms with van der Waals surface area (Å²) in [4.78, 5) is 27.0. The van der Waals surface area contributed by atoms with Crippen molar-refractivity contribution >= 4 is 22.6 Å². The van der Waals surface area contributed by atoms with E-state index in [0.29, 0.717) is 18.4 Å². The molecule has 2 N–H and O–H groups in total. The summed E-state index contributed by atoms with van der Waals surface area (Å²) in [5, 5.41) is 7.56. The van der Waals surface area contributed by atoms with Crippen LogP contribution in [-0.4, -0.2) is 38.0 Å². The van der Waals surface area contributed by atoms with Gasteiger partial charge in [0.25, 0.3) is 5.91 Å². The van der Waals surface area contributed by atoms with Crippen LogP contribution >= 0.6 is 0 Å². The quantitative estimate of drug-likeness (QED) is 0.162. The van der Waals surface area contributed by atoms with E-state index >= 15 is 0 Å². The molecule has 1 unspecified atom stereocenters. The lowest BCUT2D eigenvalue weighted by atomic mass is 10.1. The van der Waals surface area contributed by atoms with Gasteiger partial charge >= 0.3 is 11.9 Å². The summed E-state index contributed by atoms with van der Waals surface area (Å²) >= 11 is 0. The number of alkyl halides is 3. The lowest BCUT2D eigenvalue weighted by Crippen LogP contribution is -2.36. The number of azide groups is 1. The van der Waals surface area contributed by atoms with Crippen molar-refractivity contribution < 1.29 is 27.1 Å². The third-order valence-electron chi connectivity index (χ3n) is 3.74. The van der Waals surface area contributed by atoms with Crippen LogP contribution in [0.2, 0.25) is 0 Å². The molecule has 0 saturated carbocycles. The van der Waals surface area contributed by atoms with Gasteiger partial charge in [0.1, 0.15) is 11.1 Å². The van der Waals surface area contributed by atoms with Crippen molar-refractivity contribution in [1.29, 1.82) is 0 Å². The molecule has 2 aromatic rings. The molecular weight excluding hydrogens is 395 g/mol. The third-order valence-corrected chi connectivity index (χ3v) is 3.74. The highest BCUT2D eigenvalue weighted by Gasteiger charge is 2.27. The number of ether oxygens (including phenoxy) is 1. The van der Waals surface area contributed by atoms with Gasteiger partial charge < -0.3 is 14.5 Å². The van der Waals surface area contributed by atoms with Gasteiger partial charge in [0.05, 0.1) is 6.61 Å². The van der Waals surface area contributed by atoms with Crippen LogP contribution in [0.4, 0.5) is 18.9 Å². The first-order valence-corrected chi connectivity index (χ1v) is 8.52. The maximum atomic E-state index is 12.4. The highest BCUT2D eigenvalue weighted by atomic mass is 19.4. The average molecular weight is 413 g/mol. The molecule has 1 aromatic carbocycles. The van der Waals surface area contributed by atoms with Crippen LogP contribution in [0.15, 0.2) is 38.6 Å². The van der Waals surface area contributed by atoms with Crippen molar-refractivity contribution in [2.24, 2.45) is 5.11 Å². The number of fused-ring (bicyclic) bond motifs is 1. The normalized spacial score (nSPS) is 12.3. The lowest BCUT2D eigenvalue weighted by molar-refractivity contribution is -0.0999. The average Bonchev–Trinajstić information content (AvgIpc) is 2.62. The van der Waals surface area contributed by atoms with Crippen molar-refractivity contribution in [3.8, 4) is 0 Å². The van der Waals surface area contributed by atoms with Crippen LogP contribution in [0.25, 0.3) is 21.4 Å². The molecule has 1 atom stereocenters. The molecule has 1 heterocycles. The Morgan fingerprint density at radius 3 is 2.79 bits per heavy atom. The Morgan fingerprint density at radius 2 is 2.10 bits per heavy atom. The van der Waals surface area contributed by atoms with Gasteiger partial charge in [-0.15, -0.1) is 0 Å². The number of amides is 1. The monoisotopic (exact) mass is 413 g/mol. The van der Waals surface area contributed by atoms with Gasteiger partial charge in [0, 0.05) is 41.2 Å². The number of carbonyl (C=O) groups is 1. The maximum Gasteiger partial charge on any atom is 0.482 e. The number of anilines is 1. The molecule has 12 heteroatoms. The van der Waals surface area contributed by atoms with E-state index in [2.05, 4.69) is 15.3 Å². The molecule has 0 fully saturated rings. The lowest BCUT2D eigenvalue weighted by Gasteiger charge is -2.14. The fraction of sp³-hybridized carbons (Fsp3) is 0.412. The zero-order valence-electron chi connectivity index (χ0n) is 15.3. The first-order chi connectivity index (χ1) is 13.7. The number of carbonyl (C=O) groups excluding carboxylic acids is 1. The van der Waals surface area contributed by atoms with Crippen LogP contribution in [0.1, 0.15) is 23.7 Å². The van der Waals surface area contributed by atoms with E-state index in [0.717, 1.165) is 12.1 Å². The fourth-order valence-electron chi connectivity index (χ4n) is 2.40. The predicted octanol–water partition coefficient (Wildman–Crippen LogP) is 3.56. The third kappa shape index (κ3) is 7.01. The minimum absolute atomic E-state index is 0.0812. The Morgan fingerprint density at radius 1 is 1.34 bits per heavy atom. The number of nitrogens with one attached hydrogen (secondary N) is 2. The summed E-state index contributed by atoms with van der Waals surface area (Å²) in [5.41, 5.74) is 6.55. The van der Waals surface area contributed by atoms with E-state index in [1.165, 1.54) is 17.4 Å². The minimum Gasteiger partial charge on any atom is -0.422 e. The van der Waals surface area contributed by atoms with E-state index in [9.17, 15) is 22.8 Å². The van der Waals surface area contributed by atoms with Gasteiger partial charge in [-0.1, -0.05) is 5.11 Å². The second-order valence-corrected chi connectivity index (χ2v) is 6.05. The van der Waals surface area contributed by atoms with Gasteiger partial charge in [0.2, 0.25) is 0 Å². The highest BCUT2D eigenvalue weighted by molar-refractivity contribution is 5.97. The second kappa shape index (κ2) is 9.80. The summed E-state index contributed by atoms with van der Waals surface area (Å²) in [6.07, 6.45) is -4.18. The number of rotatable bonds is 9. The predicted molar refractivity (Wildman–Crippen MR) is 98.5 cm³/mol. The fourth-order valence-corrected chi connectivity index (χ4v) is 2.40. The van der Waals surface area contributed by atoms with Crippen molar-refractivity contribution in [2.45, 2.75) is 25.7 Å². The Hall–Kier alpha value is -3.24. The van der Waals surface area contributed by atoms with E-state index < -0.39 is 17.8 Å². The Balaban J connectivity index is 2.02. The zero-order chi connectivity index (χ0) is 21.4. The van der Waals surface area contributed by atoms with Crippen LogP contribution < -0.4 is 16.3 Å². The molecule has 9 nitrogen and oxygen atoms in total. The Labute approximate surface area is 162 Å². The summed E-state index contributed by atoms with van der Waals surface area (Å²) in [7, 11) is 0. The first-order valence-electron chi connectivity index (χ1n) is 8.52. The molecule has 0 aliphatic heterocycles. The smallest absolute Gasteiger partial charge is 0.422 e. The molecule has 0 radical (unpaired) electrons.